The fourth-order valence-electron chi connectivity index (χ4n) is 6.22. The van der Waals surface area contributed by atoms with Gasteiger partial charge < -0.3 is 10.1 Å². The quantitative estimate of drug-likeness (QED) is 0.128. The zero-order chi connectivity index (χ0) is 38.0. The average Bonchev–Trinajstić information content (AvgIpc) is 4.12. The van der Waals surface area contributed by atoms with Gasteiger partial charge in [0, 0.05) is 34.6 Å². The summed E-state index contributed by atoms with van der Waals surface area (Å²) in [6.45, 7) is 0.531. The van der Waals surface area contributed by atoms with Crippen molar-refractivity contribution in [1.82, 2.24) is 34.5 Å². The molecule has 56 heavy (non-hydrogen) atoms. The van der Waals surface area contributed by atoms with E-state index in [0.717, 1.165) is 72.4 Å². The van der Waals surface area contributed by atoms with E-state index in [1.54, 1.807) is 9.03 Å². The maximum absolute atomic E-state index is 12.1. The van der Waals surface area contributed by atoms with Crippen LogP contribution in [0, 0.1) is 11.8 Å². The summed E-state index contributed by atoms with van der Waals surface area (Å²) in [7, 11) is 0. The van der Waals surface area contributed by atoms with Crippen molar-refractivity contribution >= 4 is 40.9 Å². The number of rotatable bonds is 11. The summed E-state index contributed by atoms with van der Waals surface area (Å²) in [5.41, 5.74) is 6.80. The van der Waals surface area contributed by atoms with Gasteiger partial charge in [-0.1, -0.05) is 54.6 Å². The molecule has 0 saturated heterocycles. The number of amides is 3. The van der Waals surface area contributed by atoms with Crippen molar-refractivity contribution in [3.63, 3.8) is 0 Å². The minimum Gasteiger partial charge on any atom is -0.489 e. The van der Waals surface area contributed by atoms with Crippen molar-refractivity contribution in [2.24, 2.45) is 11.8 Å². The van der Waals surface area contributed by atoms with E-state index in [9.17, 15) is 14.4 Å². The predicted octanol–water partition coefficient (Wildman–Crippen LogP) is 6.96. The topological polar surface area (TPSA) is 157 Å². The number of nitrogens with zero attached hydrogens (tertiary/aromatic N) is 6. The van der Waals surface area contributed by atoms with Gasteiger partial charge in [0.25, 0.3) is 5.91 Å². The molecule has 4 heterocycles. The minimum absolute atomic E-state index is 0.00220. The van der Waals surface area contributed by atoms with Crippen LogP contribution in [0.3, 0.4) is 0 Å². The molecular formula is C43H39N9O4. The van der Waals surface area contributed by atoms with Crippen LogP contribution in [-0.2, 0) is 16.2 Å². The molecule has 3 N–H and O–H groups in total. The molecule has 13 nitrogen and oxygen atoms in total. The molecule has 4 aromatic heterocycles. The molecule has 0 bridgehead atoms. The number of hydrogen-bond acceptors (Lipinski definition) is 8. The zero-order valence-electron chi connectivity index (χ0n) is 30.5. The van der Waals surface area contributed by atoms with Crippen molar-refractivity contribution in [3.05, 3.63) is 126 Å². The van der Waals surface area contributed by atoms with Gasteiger partial charge in [-0.25, -0.2) is 9.03 Å². The Hall–Kier alpha value is -6.89. The molecule has 0 unspecified atom stereocenters. The molecular weight excluding hydrogens is 707 g/mol. The van der Waals surface area contributed by atoms with Crippen molar-refractivity contribution < 1.29 is 19.1 Å². The lowest BCUT2D eigenvalue weighted by molar-refractivity contribution is -0.118. The van der Waals surface area contributed by atoms with E-state index in [4.69, 9.17) is 4.74 Å². The Morgan fingerprint density at radius 2 is 1.11 bits per heavy atom. The number of carbonyl (C=O) groups is 3. The molecule has 3 saturated carbocycles. The molecule has 7 aromatic rings. The third-order valence-corrected chi connectivity index (χ3v) is 9.84. The van der Waals surface area contributed by atoms with Gasteiger partial charge in [0.05, 0.1) is 11.4 Å². The number of pyridine rings is 2. The predicted molar refractivity (Wildman–Crippen MR) is 211 cm³/mol. The zero-order valence-corrected chi connectivity index (χ0v) is 30.5. The molecule has 3 amide bonds. The fourth-order valence-corrected chi connectivity index (χ4v) is 6.22. The van der Waals surface area contributed by atoms with Gasteiger partial charge in [0.1, 0.15) is 12.4 Å². The molecule has 3 fully saturated rings. The van der Waals surface area contributed by atoms with Gasteiger partial charge in [0.2, 0.25) is 23.7 Å². The van der Waals surface area contributed by atoms with Crippen molar-refractivity contribution in [2.75, 3.05) is 10.6 Å². The molecule has 0 radical (unpaired) electrons. The van der Waals surface area contributed by atoms with E-state index in [0.29, 0.717) is 41.4 Å². The summed E-state index contributed by atoms with van der Waals surface area (Å²) in [6.07, 6.45) is 5.90. The van der Waals surface area contributed by atoms with Crippen LogP contribution in [0.1, 0.15) is 54.4 Å². The van der Waals surface area contributed by atoms with E-state index in [1.807, 2.05) is 115 Å². The highest BCUT2D eigenvalue weighted by atomic mass is 16.5. The lowest BCUT2D eigenvalue weighted by atomic mass is 10.1. The van der Waals surface area contributed by atoms with Gasteiger partial charge in [-0.05, 0) is 105 Å². The number of ether oxygens (including phenoxy) is 1. The number of carbonyl (C=O) groups excluding carboxylic acids is 3. The average molecular weight is 746 g/mol. The Kier molecular flexibility index (Phi) is 9.39. The summed E-state index contributed by atoms with van der Waals surface area (Å²) in [5.74, 6) is 1.64. The number of benzene rings is 3. The summed E-state index contributed by atoms with van der Waals surface area (Å²) in [5, 5.41) is 17.5. The first-order valence-corrected chi connectivity index (χ1v) is 19.0. The van der Waals surface area contributed by atoms with E-state index in [1.165, 1.54) is 0 Å². The second-order valence-corrected chi connectivity index (χ2v) is 14.4. The number of aromatic nitrogens is 6. The van der Waals surface area contributed by atoms with Crippen LogP contribution in [0.2, 0.25) is 0 Å². The van der Waals surface area contributed by atoms with Crippen LogP contribution in [0.15, 0.2) is 115 Å². The van der Waals surface area contributed by atoms with E-state index >= 15 is 0 Å². The number of anilines is 2. The number of hydrogen-bond donors (Lipinski definition) is 3. The molecule has 0 aliphatic heterocycles. The van der Waals surface area contributed by atoms with E-state index < -0.39 is 0 Å². The third-order valence-electron chi connectivity index (χ3n) is 9.84. The molecule has 0 spiro atoms. The molecule has 13 heteroatoms. The Labute approximate surface area is 322 Å². The fraction of sp³-hybridized carbons (Fsp3) is 0.233. The molecule has 10 rings (SSSR count). The SMILES string of the molecule is O=C(NC1CC1)c1ccc(-c2cccc3nc(NC(=O)C4CC4)nn23)cc1.O=C(Nc1nc2cccc(-c3ccc(OCc4ccccc4)cc3)n2n1)C1CC1. The summed E-state index contributed by atoms with van der Waals surface area (Å²) < 4.78 is 9.33. The van der Waals surface area contributed by atoms with Crippen LogP contribution in [0.5, 0.6) is 5.75 Å². The first-order chi connectivity index (χ1) is 27.4. The lowest BCUT2D eigenvalue weighted by Gasteiger charge is -2.08. The molecule has 280 valence electrons. The second-order valence-electron chi connectivity index (χ2n) is 14.4. The lowest BCUT2D eigenvalue weighted by Crippen LogP contribution is -2.25. The van der Waals surface area contributed by atoms with E-state index in [-0.39, 0.29) is 29.6 Å². The minimum atomic E-state index is -0.0342. The summed E-state index contributed by atoms with van der Waals surface area (Å²) in [6, 6.07) is 37.2. The van der Waals surface area contributed by atoms with Gasteiger partial charge >= 0.3 is 0 Å². The molecule has 3 aliphatic rings. The third kappa shape index (κ3) is 8.11. The smallest absolute Gasteiger partial charge is 0.251 e. The Morgan fingerprint density at radius 3 is 1.61 bits per heavy atom. The van der Waals surface area contributed by atoms with E-state index in [2.05, 4.69) is 36.1 Å². The molecule has 0 atom stereocenters. The largest absolute Gasteiger partial charge is 0.489 e. The maximum atomic E-state index is 12.1. The van der Waals surface area contributed by atoms with Crippen LogP contribution < -0.4 is 20.7 Å². The monoisotopic (exact) mass is 745 g/mol. The highest BCUT2D eigenvalue weighted by Gasteiger charge is 2.31. The van der Waals surface area contributed by atoms with Gasteiger partial charge in [0.15, 0.2) is 11.3 Å². The normalized spacial score (nSPS) is 14.8. The Morgan fingerprint density at radius 1 is 0.589 bits per heavy atom. The Bertz CT molecular complexity index is 2540. The van der Waals surface area contributed by atoms with Crippen LogP contribution in [0.25, 0.3) is 33.8 Å². The van der Waals surface area contributed by atoms with Crippen molar-refractivity contribution in [1.29, 1.82) is 0 Å². The number of fused-ring (bicyclic) bond motifs is 2. The summed E-state index contributed by atoms with van der Waals surface area (Å²) >= 11 is 0. The van der Waals surface area contributed by atoms with Crippen LogP contribution in [-0.4, -0.2) is 53.0 Å². The first kappa shape index (κ1) is 34.9. The van der Waals surface area contributed by atoms with Gasteiger partial charge in [-0.3, -0.25) is 25.0 Å². The van der Waals surface area contributed by atoms with Gasteiger partial charge in [-0.2, -0.15) is 9.97 Å². The number of nitrogens with one attached hydrogen (secondary N) is 3. The highest BCUT2D eigenvalue weighted by Crippen LogP contribution is 2.31. The van der Waals surface area contributed by atoms with Crippen molar-refractivity contribution in [3.8, 4) is 28.3 Å². The second kappa shape index (κ2) is 15.1. The maximum Gasteiger partial charge on any atom is 0.251 e. The van der Waals surface area contributed by atoms with Crippen LogP contribution in [0.4, 0.5) is 11.9 Å². The summed E-state index contributed by atoms with van der Waals surface area (Å²) in [4.78, 5) is 44.9. The Balaban J connectivity index is 0.000000147. The van der Waals surface area contributed by atoms with Crippen molar-refractivity contribution in [2.45, 2.75) is 51.2 Å². The molecule has 3 aromatic carbocycles. The molecule has 3 aliphatic carbocycles. The van der Waals surface area contributed by atoms with Gasteiger partial charge in [-0.15, -0.1) is 10.2 Å². The highest BCUT2D eigenvalue weighted by molar-refractivity contribution is 5.95. The van der Waals surface area contributed by atoms with Crippen LogP contribution >= 0.6 is 0 Å². The first-order valence-electron chi connectivity index (χ1n) is 19.0. The standard InChI is InChI=1S/C23H20N4O2.C20H19N5O2/c28-22(18-9-10-18)25-23-24-21-8-4-7-20(27(21)26-23)17-11-13-19(14-12-17)29-15-16-5-2-1-3-6-16;26-18(21-15-10-11-15)13-6-4-12(5-7-13)16-2-1-3-17-22-20(24-25(16)17)23-19(27)14-8-9-14/h1-8,11-14,18H,9-10,15H2,(H,25,26,28);1-7,14-15H,8-11H2,(H,21,26)(H,23,24,27).